The Hall–Kier alpha value is -1.07. The molecule has 0 fully saturated rings. The molecule has 1 atom stereocenters. The average Bonchev–Trinajstić information content (AvgIpc) is 2.95. The van der Waals surface area contributed by atoms with Gasteiger partial charge < -0.3 is 10.6 Å². The lowest BCUT2D eigenvalue weighted by Crippen LogP contribution is -2.36. The molecule has 0 saturated heterocycles. The maximum Gasteiger partial charge on any atom is 0.261 e. The van der Waals surface area contributed by atoms with E-state index in [0.717, 1.165) is 15.3 Å². The van der Waals surface area contributed by atoms with E-state index >= 15 is 0 Å². The molecule has 6 heteroatoms. The highest BCUT2D eigenvalue weighted by Gasteiger charge is 2.10. The Labute approximate surface area is 140 Å². The van der Waals surface area contributed by atoms with Crippen molar-refractivity contribution in [2.75, 3.05) is 13.6 Å². The molecule has 2 N–H and O–H groups in total. The van der Waals surface area contributed by atoms with Crippen LogP contribution in [0.15, 0.2) is 36.4 Å². The second kappa shape index (κ2) is 8.39. The highest BCUT2D eigenvalue weighted by atomic mass is 35.5. The summed E-state index contributed by atoms with van der Waals surface area (Å²) in [5.41, 5.74) is 1.07. The Morgan fingerprint density at radius 1 is 1.24 bits per heavy atom. The van der Waals surface area contributed by atoms with Gasteiger partial charge in [-0.25, -0.2) is 0 Å². The smallest absolute Gasteiger partial charge is 0.261 e. The molecule has 1 unspecified atom stereocenters. The zero-order valence-electron chi connectivity index (χ0n) is 11.9. The summed E-state index contributed by atoms with van der Waals surface area (Å²) in [5.74, 6) is -0.0303. The van der Waals surface area contributed by atoms with E-state index in [0.29, 0.717) is 11.6 Å². The van der Waals surface area contributed by atoms with Crippen LogP contribution in [0.3, 0.4) is 0 Å². The monoisotopic (exact) mass is 344 g/mol. The Morgan fingerprint density at radius 2 is 1.90 bits per heavy atom. The normalized spacial score (nSPS) is 11.6. The maximum absolute atomic E-state index is 12.0. The summed E-state index contributed by atoms with van der Waals surface area (Å²) >= 11 is 7.36. The SMILES string of the molecule is CNC(C)CNC(=O)c1ccc(-c2ccc(Cl)cc2)s1.Cl. The van der Waals surface area contributed by atoms with E-state index < -0.39 is 0 Å². The summed E-state index contributed by atoms with van der Waals surface area (Å²) in [7, 11) is 1.88. The first-order valence-electron chi connectivity index (χ1n) is 6.41. The predicted molar refractivity (Wildman–Crippen MR) is 92.9 cm³/mol. The van der Waals surface area contributed by atoms with Gasteiger partial charge in [0.1, 0.15) is 0 Å². The summed E-state index contributed by atoms with van der Waals surface area (Å²) in [6.45, 7) is 2.64. The number of likely N-dealkylation sites (N-methyl/N-ethyl adjacent to an activating group) is 1. The molecule has 2 rings (SSSR count). The molecule has 114 valence electrons. The van der Waals surface area contributed by atoms with Gasteiger partial charge >= 0.3 is 0 Å². The van der Waals surface area contributed by atoms with Gasteiger partial charge in [-0.05, 0) is 43.8 Å². The molecule has 0 aliphatic carbocycles. The Bertz CT molecular complexity index is 584. The van der Waals surface area contributed by atoms with Gasteiger partial charge in [-0.15, -0.1) is 23.7 Å². The van der Waals surface area contributed by atoms with Crippen molar-refractivity contribution in [3.05, 3.63) is 46.3 Å². The van der Waals surface area contributed by atoms with Crippen molar-refractivity contribution in [3.63, 3.8) is 0 Å². The average molecular weight is 345 g/mol. The van der Waals surface area contributed by atoms with E-state index in [1.807, 2.05) is 50.4 Å². The standard InChI is InChI=1S/C15H17ClN2OS.ClH/c1-10(17-2)9-18-15(19)14-8-7-13(20-14)11-3-5-12(16)6-4-11;/h3-8,10,17H,9H2,1-2H3,(H,18,19);1H. The first-order valence-corrected chi connectivity index (χ1v) is 7.61. The van der Waals surface area contributed by atoms with Crippen LogP contribution in [0.5, 0.6) is 0 Å². The first kappa shape index (κ1) is 18.0. The molecule has 2 aromatic rings. The number of thiophene rings is 1. The molecule has 1 aromatic heterocycles. The molecule has 3 nitrogen and oxygen atoms in total. The second-order valence-corrected chi connectivity index (χ2v) is 6.09. The molecule has 1 amide bonds. The summed E-state index contributed by atoms with van der Waals surface area (Å²) in [6, 6.07) is 11.7. The van der Waals surface area contributed by atoms with E-state index in [1.165, 1.54) is 11.3 Å². The van der Waals surface area contributed by atoms with Gasteiger partial charge in [0.15, 0.2) is 0 Å². The summed E-state index contributed by atoms with van der Waals surface area (Å²) in [6.07, 6.45) is 0. The number of carbonyl (C=O) groups is 1. The molecular formula is C15H18Cl2N2OS. The molecule has 0 radical (unpaired) electrons. The quantitative estimate of drug-likeness (QED) is 0.865. The molecule has 0 aliphatic rings. The number of carbonyl (C=O) groups excluding carboxylic acids is 1. The van der Waals surface area contributed by atoms with Crippen molar-refractivity contribution < 1.29 is 4.79 Å². The third kappa shape index (κ3) is 5.00. The second-order valence-electron chi connectivity index (χ2n) is 4.57. The van der Waals surface area contributed by atoms with Crippen LogP contribution in [-0.2, 0) is 0 Å². The number of halogens is 2. The molecule has 0 saturated carbocycles. The fourth-order valence-electron chi connectivity index (χ4n) is 1.66. The van der Waals surface area contributed by atoms with Crippen molar-refractivity contribution in [2.45, 2.75) is 13.0 Å². The molecule has 21 heavy (non-hydrogen) atoms. The van der Waals surface area contributed by atoms with Crippen LogP contribution >= 0.6 is 35.3 Å². The van der Waals surface area contributed by atoms with Crippen molar-refractivity contribution in [1.82, 2.24) is 10.6 Å². The minimum Gasteiger partial charge on any atom is -0.350 e. The van der Waals surface area contributed by atoms with Crippen molar-refractivity contribution >= 4 is 41.3 Å². The largest absolute Gasteiger partial charge is 0.350 e. The Balaban J connectivity index is 0.00000220. The first-order chi connectivity index (χ1) is 9.60. The molecule has 0 aliphatic heterocycles. The number of nitrogens with one attached hydrogen (secondary N) is 2. The van der Waals surface area contributed by atoms with Crippen molar-refractivity contribution in [3.8, 4) is 10.4 Å². The highest BCUT2D eigenvalue weighted by Crippen LogP contribution is 2.28. The van der Waals surface area contributed by atoms with Crippen LogP contribution < -0.4 is 10.6 Å². The Kier molecular flexibility index (Phi) is 7.18. The predicted octanol–water partition coefficient (Wildman–Crippen LogP) is 3.83. The van der Waals surface area contributed by atoms with Crippen LogP contribution in [0.25, 0.3) is 10.4 Å². The van der Waals surface area contributed by atoms with Crippen molar-refractivity contribution in [1.29, 1.82) is 0 Å². The molecular weight excluding hydrogens is 327 g/mol. The van der Waals surface area contributed by atoms with Crippen molar-refractivity contribution in [2.24, 2.45) is 0 Å². The van der Waals surface area contributed by atoms with Gasteiger partial charge in [-0.1, -0.05) is 23.7 Å². The van der Waals surface area contributed by atoms with Gasteiger partial charge in [0.25, 0.3) is 5.91 Å². The summed E-state index contributed by atoms with van der Waals surface area (Å²) < 4.78 is 0. The topological polar surface area (TPSA) is 41.1 Å². The lowest BCUT2D eigenvalue weighted by atomic mass is 10.2. The lowest BCUT2D eigenvalue weighted by molar-refractivity contribution is 0.0954. The van der Waals surface area contributed by atoms with Crippen LogP contribution in [0.4, 0.5) is 0 Å². The van der Waals surface area contributed by atoms with E-state index in [2.05, 4.69) is 10.6 Å². The fraction of sp³-hybridized carbons (Fsp3) is 0.267. The minimum absolute atomic E-state index is 0. The van der Waals surface area contributed by atoms with E-state index in [9.17, 15) is 4.79 Å². The van der Waals surface area contributed by atoms with Gasteiger partial charge in [-0.3, -0.25) is 4.79 Å². The number of benzene rings is 1. The zero-order valence-corrected chi connectivity index (χ0v) is 14.2. The van der Waals surface area contributed by atoms with Crippen LogP contribution in [0.1, 0.15) is 16.6 Å². The number of amides is 1. The van der Waals surface area contributed by atoms with Crippen LogP contribution in [0.2, 0.25) is 5.02 Å². The van der Waals surface area contributed by atoms with Gasteiger partial charge in [-0.2, -0.15) is 0 Å². The number of rotatable bonds is 5. The number of hydrogen-bond acceptors (Lipinski definition) is 3. The van der Waals surface area contributed by atoms with Gasteiger partial charge in [0.05, 0.1) is 4.88 Å². The maximum atomic E-state index is 12.0. The highest BCUT2D eigenvalue weighted by molar-refractivity contribution is 7.17. The summed E-state index contributed by atoms with van der Waals surface area (Å²) in [4.78, 5) is 13.8. The van der Waals surface area contributed by atoms with Crippen LogP contribution in [0, 0.1) is 0 Å². The molecule has 1 aromatic carbocycles. The molecule has 1 heterocycles. The Morgan fingerprint density at radius 3 is 2.52 bits per heavy atom. The minimum atomic E-state index is -0.0303. The van der Waals surface area contributed by atoms with E-state index in [1.54, 1.807) is 0 Å². The van der Waals surface area contributed by atoms with Gasteiger partial charge in [0, 0.05) is 22.5 Å². The molecule has 0 bridgehead atoms. The third-order valence-electron chi connectivity index (χ3n) is 3.02. The van der Waals surface area contributed by atoms with E-state index in [-0.39, 0.29) is 24.4 Å². The van der Waals surface area contributed by atoms with E-state index in [4.69, 9.17) is 11.6 Å². The fourth-order valence-corrected chi connectivity index (χ4v) is 2.72. The molecule has 0 spiro atoms. The number of hydrogen-bond donors (Lipinski definition) is 2. The zero-order chi connectivity index (χ0) is 14.5. The van der Waals surface area contributed by atoms with Gasteiger partial charge in [0.2, 0.25) is 0 Å². The summed E-state index contributed by atoms with van der Waals surface area (Å²) in [5, 5.41) is 6.71. The third-order valence-corrected chi connectivity index (χ3v) is 4.41. The van der Waals surface area contributed by atoms with Crippen LogP contribution in [-0.4, -0.2) is 25.5 Å². The lowest BCUT2D eigenvalue weighted by Gasteiger charge is -2.10.